The average molecular weight is 485 g/mol. The summed E-state index contributed by atoms with van der Waals surface area (Å²) in [4.78, 5) is 11.7. The molecule has 0 aromatic heterocycles. The zero-order valence-corrected chi connectivity index (χ0v) is 20.6. The summed E-state index contributed by atoms with van der Waals surface area (Å²) in [6, 6.07) is 16.8. The Kier molecular flexibility index (Phi) is 10.1. The van der Waals surface area contributed by atoms with Gasteiger partial charge in [-0.05, 0) is 69.6 Å². The normalized spacial score (nSPS) is 12.4. The van der Waals surface area contributed by atoms with Crippen molar-refractivity contribution in [3.05, 3.63) is 60.2 Å². The monoisotopic (exact) mass is 484 g/mol. The van der Waals surface area contributed by atoms with E-state index in [0.29, 0.717) is 24.5 Å². The van der Waals surface area contributed by atoms with E-state index >= 15 is 0 Å². The van der Waals surface area contributed by atoms with Gasteiger partial charge in [-0.15, -0.1) is 0 Å². The molecule has 1 atom stereocenters. The lowest BCUT2D eigenvalue weighted by molar-refractivity contribution is 0.193. The van der Waals surface area contributed by atoms with Gasteiger partial charge in [0.25, 0.3) is 6.64 Å². The van der Waals surface area contributed by atoms with Crippen LogP contribution in [0.4, 0.5) is 10.5 Å². The van der Waals surface area contributed by atoms with Crippen LogP contribution in [-0.4, -0.2) is 30.5 Å². The minimum atomic E-state index is -2.96. The Hall–Kier alpha value is -1.77. The van der Waals surface area contributed by atoms with Crippen molar-refractivity contribution in [3.63, 3.8) is 0 Å². The van der Waals surface area contributed by atoms with E-state index in [1.807, 2.05) is 82.3 Å². The predicted octanol–water partition coefficient (Wildman–Crippen LogP) is 6.19. The van der Waals surface area contributed by atoms with Crippen molar-refractivity contribution < 1.29 is 23.7 Å². The highest BCUT2D eigenvalue weighted by atomic mass is 32.5. The molecule has 0 aliphatic carbocycles. The van der Waals surface area contributed by atoms with Crippen molar-refractivity contribution in [3.8, 4) is 5.75 Å². The minimum Gasteiger partial charge on any atom is -0.491 e. The maximum absolute atomic E-state index is 11.7. The number of anilines is 1. The van der Waals surface area contributed by atoms with Crippen molar-refractivity contribution in [2.75, 3.05) is 17.3 Å². The van der Waals surface area contributed by atoms with E-state index in [9.17, 15) is 9.90 Å². The molecule has 0 fully saturated rings. The van der Waals surface area contributed by atoms with Crippen molar-refractivity contribution in [1.29, 1.82) is 0 Å². The van der Waals surface area contributed by atoms with Crippen molar-refractivity contribution in [1.82, 2.24) is 5.32 Å². The van der Waals surface area contributed by atoms with E-state index in [1.165, 1.54) is 11.9 Å². The summed E-state index contributed by atoms with van der Waals surface area (Å²) < 4.78 is 19.6. The zero-order valence-electron chi connectivity index (χ0n) is 18.1. The Morgan fingerprint density at radius 1 is 1.10 bits per heavy atom. The molecule has 2 rings (SSSR count). The lowest BCUT2D eigenvalue weighted by Gasteiger charge is -2.36. The molecule has 0 saturated heterocycles. The van der Waals surface area contributed by atoms with E-state index in [-0.39, 0.29) is 6.10 Å². The summed E-state index contributed by atoms with van der Waals surface area (Å²) in [5.41, 5.74) is 1.44. The standard InChI is InChI=1S/C21H29N2O5PS2/c1-5-26-29(30,27-6-2)23(17-12-8-7-9-13-17)31-20(22-21(24)25)18-14-10-11-15-19(18)28-16(3)4/h7-16,20,22H,5-6H2,1-4H3,(H,24,25). The SMILES string of the molecule is CCOP(=S)(OCC)N(SC(NC(=O)O)c1ccccc1OC(C)C)c1ccccc1. The molecule has 10 heteroatoms. The summed E-state index contributed by atoms with van der Waals surface area (Å²) in [5.74, 6) is 0.595. The second-order valence-electron chi connectivity index (χ2n) is 6.55. The number of para-hydroxylation sites is 2. The van der Waals surface area contributed by atoms with Crippen LogP contribution in [0.1, 0.15) is 38.6 Å². The van der Waals surface area contributed by atoms with Crippen LogP contribution in [0.2, 0.25) is 0 Å². The van der Waals surface area contributed by atoms with Crippen molar-refractivity contribution in [2.24, 2.45) is 0 Å². The van der Waals surface area contributed by atoms with Crippen LogP contribution in [0.5, 0.6) is 5.75 Å². The summed E-state index contributed by atoms with van der Waals surface area (Å²) in [6.45, 7) is 5.33. The molecule has 0 spiro atoms. The van der Waals surface area contributed by atoms with Gasteiger partial charge < -0.3 is 24.2 Å². The Bertz CT molecular complexity index is 875. The molecule has 0 radical (unpaired) electrons. The third-order valence-electron chi connectivity index (χ3n) is 3.81. The van der Waals surface area contributed by atoms with Gasteiger partial charge in [0.05, 0.1) is 25.0 Å². The first-order valence-electron chi connectivity index (χ1n) is 9.97. The number of ether oxygens (including phenoxy) is 1. The number of hydrogen-bond acceptors (Lipinski definition) is 6. The molecule has 0 aliphatic heterocycles. The van der Waals surface area contributed by atoms with Gasteiger partial charge in [-0.25, -0.2) is 8.87 Å². The van der Waals surface area contributed by atoms with Crippen LogP contribution in [-0.2, 0) is 20.9 Å². The summed E-state index contributed by atoms with van der Waals surface area (Å²) >= 11 is 7.06. The highest BCUT2D eigenvalue weighted by Crippen LogP contribution is 2.60. The minimum absolute atomic E-state index is 0.0701. The molecule has 2 aromatic rings. The molecule has 2 N–H and O–H groups in total. The number of nitrogens with one attached hydrogen (secondary N) is 1. The number of amides is 1. The number of rotatable bonds is 12. The summed E-state index contributed by atoms with van der Waals surface area (Å²) in [6.07, 6.45) is -1.23. The van der Waals surface area contributed by atoms with Gasteiger partial charge in [0.2, 0.25) is 0 Å². The Morgan fingerprint density at radius 3 is 2.23 bits per heavy atom. The third kappa shape index (κ3) is 7.40. The highest BCUT2D eigenvalue weighted by Gasteiger charge is 2.34. The topological polar surface area (TPSA) is 80.3 Å². The average Bonchev–Trinajstić information content (AvgIpc) is 2.72. The van der Waals surface area contributed by atoms with Gasteiger partial charge in [0.1, 0.15) is 11.1 Å². The molecule has 2 aromatic carbocycles. The largest absolute Gasteiger partial charge is 0.491 e. The van der Waals surface area contributed by atoms with E-state index < -0.39 is 18.1 Å². The Morgan fingerprint density at radius 2 is 1.68 bits per heavy atom. The second kappa shape index (κ2) is 12.3. The first-order chi connectivity index (χ1) is 14.8. The van der Waals surface area contributed by atoms with Crippen molar-refractivity contribution in [2.45, 2.75) is 39.2 Å². The second-order valence-corrected chi connectivity index (χ2v) is 11.1. The predicted molar refractivity (Wildman–Crippen MR) is 130 cm³/mol. The number of benzene rings is 2. The highest BCUT2D eigenvalue weighted by molar-refractivity contribution is 8.19. The zero-order chi connectivity index (χ0) is 22.9. The van der Waals surface area contributed by atoms with Crippen LogP contribution in [0.25, 0.3) is 0 Å². The van der Waals surface area contributed by atoms with Gasteiger partial charge in [0.15, 0.2) is 0 Å². The van der Waals surface area contributed by atoms with Gasteiger partial charge >= 0.3 is 6.09 Å². The van der Waals surface area contributed by atoms with E-state index in [1.54, 1.807) is 4.08 Å². The van der Waals surface area contributed by atoms with Crippen LogP contribution in [0.3, 0.4) is 0 Å². The molecule has 1 unspecified atom stereocenters. The molecule has 1 amide bonds. The fraction of sp³-hybridized carbons (Fsp3) is 0.381. The molecule has 31 heavy (non-hydrogen) atoms. The van der Waals surface area contributed by atoms with Gasteiger partial charge in [-0.1, -0.05) is 36.4 Å². The van der Waals surface area contributed by atoms with Crippen molar-refractivity contribution >= 4 is 42.2 Å². The van der Waals surface area contributed by atoms with Crippen LogP contribution >= 0.6 is 18.6 Å². The molecule has 7 nitrogen and oxygen atoms in total. The van der Waals surface area contributed by atoms with Crippen LogP contribution in [0.15, 0.2) is 54.6 Å². The first kappa shape index (κ1) is 25.5. The molecular formula is C21H29N2O5PS2. The maximum atomic E-state index is 11.7. The lowest BCUT2D eigenvalue weighted by Crippen LogP contribution is -2.29. The van der Waals surface area contributed by atoms with Crippen LogP contribution < -0.4 is 14.1 Å². The summed E-state index contributed by atoms with van der Waals surface area (Å²) in [5, 5.41) is 11.4. The van der Waals surface area contributed by atoms with E-state index in [0.717, 1.165) is 5.69 Å². The van der Waals surface area contributed by atoms with Gasteiger partial charge in [-0.2, -0.15) is 0 Å². The Labute approximate surface area is 193 Å². The van der Waals surface area contributed by atoms with Gasteiger partial charge in [-0.3, -0.25) is 0 Å². The smallest absolute Gasteiger partial charge is 0.405 e. The number of nitrogens with zero attached hydrogens (tertiary/aromatic N) is 1. The molecular weight excluding hydrogens is 455 g/mol. The summed E-state index contributed by atoms with van der Waals surface area (Å²) in [7, 11) is 0. The lowest BCUT2D eigenvalue weighted by atomic mass is 10.2. The molecule has 170 valence electrons. The molecule has 0 saturated carbocycles. The fourth-order valence-corrected chi connectivity index (χ4v) is 7.26. The molecule has 0 aliphatic rings. The quantitative estimate of drug-likeness (QED) is 0.210. The first-order valence-corrected chi connectivity index (χ1v) is 13.4. The van der Waals surface area contributed by atoms with E-state index in [4.69, 9.17) is 25.6 Å². The van der Waals surface area contributed by atoms with Gasteiger partial charge in [0, 0.05) is 5.56 Å². The van der Waals surface area contributed by atoms with E-state index in [2.05, 4.69) is 5.32 Å². The molecule has 0 heterocycles. The third-order valence-corrected chi connectivity index (χ3v) is 9.01. The number of carboxylic acid groups (broad SMARTS) is 1. The molecule has 0 bridgehead atoms. The number of hydrogen-bond donors (Lipinski definition) is 2. The Balaban J connectivity index is 2.54. The van der Waals surface area contributed by atoms with Crippen LogP contribution in [0, 0.1) is 0 Å². The number of carbonyl (C=O) groups is 1. The fourth-order valence-electron chi connectivity index (χ4n) is 2.72. The maximum Gasteiger partial charge on any atom is 0.405 e.